The monoisotopic (exact) mass is 532 g/mol. The summed E-state index contributed by atoms with van der Waals surface area (Å²) in [6, 6.07) is 16.6. The van der Waals surface area contributed by atoms with E-state index < -0.39 is 29.3 Å². The number of aliphatic hydroxyl groups is 1. The Hall–Kier alpha value is -4.24. The number of ether oxygens (including phenoxy) is 2. The van der Waals surface area contributed by atoms with Crippen LogP contribution in [0, 0.1) is 5.82 Å². The lowest BCUT2D eigenvalue weighted by Crippen LogP contribution is -2.29. The molecule has 1 aliphatic rings. The van der Waals surface area contributed by atoms with Crippen LogP contribution in [0.4, 0.5) is 9.52 Å². The summed E-state index contributed by atoms with van der Waals surface area (Å²) in [5, 5.41) is 11.5. The number of hydrogen-bond acceptors (Lipinski definition) is 7. The molecule has 1 saturated heterocycles. The van der Waals surface area contributed by atoms with E-state index in [0.717, 1.165) is 11.1 Å². The first kappa shape index (κ1) is 25.4. The normalized spacial score (nSPS) is 16.8. The molecule has 4 aromatic rings. The van der Waals surface area contributed by atoms with E-state index in [9.17, 15) is 19.1 Å². The number of halogens is 1. The van der Waals surface area contributed by atoms with Crippen molar-refractivity contribution in [2.24, 2.45) is 0 Å². The van der Waals surface area contributed by atoms with Gasteiger partial charge in [-0.2, -0.15) is 0 Å². The van der Waals surface area contributed by atoms with E-state index in [1.54, 1.807) is 36.4 Å². The molecule has 194 valence electrons. The van der Waals surface area contributed by atoms with Crippen molar-refractivity contribution >= 4 is 44.1 Å². The molecule has 3 aromatic carbocycles. The number of nitrogens with zero attached hydrogens (tertiary/aromatic N) is 2. The number of fused-ring (bicyclic) bond motifs is 1. The van der Waals surface area contributed by atoms with E-state index in [1.807, 2.05) is 19.9 Å². The highest BCUT2D eigenvalue weighted by molar-refractivity contribution is 7.22. The van der Waals surface area contributed by atoms with Gasteiger partial charge in [0.15, 0.2) is 5.13 Å². The van der Waals surface area contributed by atoms with Crippen molar-refractivity contribution < 1.29 is 28.6 Å². The smallest absolute Gasteiger partial charge is 0.301 e. The number of amides is 1. The van der Waals surface area contributed by atoms with Crippen LogP contribution < -0.4 is 14.4 Å². The number of aliphatic hydroxyl groups excluding tert-OH is 1. The van der Waals surface area contributed by atoms with Crippen molar-refractivity contribution in [2.75, 3.05) is 18.1 Å². The van der Waals surface area contributed by atoms with Gasteiger partial charge in [-0.05, 0) is 73.5 Å². The highest BCUT2D eigenvalue weighted by Gasteiger charge is 2.48. The quantitative estimate of drug-likeness (QED) is 0.164. The summed E-state index contributed by atoms with van der Waals surface area (Å²) in [7, 11) is 0. The maximum Gasteiger partial charge on any atom is 0.301 e. The predicted molar refractivity (Wildman–Crippen MR) is 144 cm³/mol. The molecule has 7 nitrogen and oxygen atoms in total. The molecule has 1 atom stereocenters. The Kier molecular flexibility index (Phi) is 7.11. The van der Waals surface area contributed by atoms with Crippen LogP contribution in [0.2, 0.25) is 0 Å². The molecule has 0 spiro atoms. The van der Waals surface area contributed by atoms with E-state index in [4.69, 9.17) is 9.47 Å². The van der Waals surface area contributed by atoms with Crippen LogP contribution >= 0.6 is 11.3 Å². The number of hydrogen-bond donors (Lipinski definition) is 1. The Balaban J connectivity index is 1.68. The third-order valence-electron chi connectivity index (χ3n) is 6.07. The average Bonchev–Trinajstić information content (AvgIpc) is 3.45. The minimum Gasteiger partial charge on any atom is -0.507 e. The molecule has 1 aromatic heterocycles. The number of carbonyl (C=O) groups is 2. The predicted octanol–water partition coefficient (Wildman–Crippen LogP) is 6.25. The first-order valence-corrected chi connectivity index (χ1v) is 13.1. The fourth-order valence-corrected chi connectivity index (χ4v) is 5.38. The van der Waals surface area contributed by atoms with Gasteiger partial charge in [0.1, 0.15) is 23.1 Å². The van der Waals surface area contributed by atoms with Crippen molar-refractivity contribution in [3.63, 3.8) is 0 Å². The third-order valence-corrected chi connectivity index (χ3v) is 7.09. The summed E-state index contributed by atoms with van der Waals surface area (Å²) in [5.41, 5.74) is 1.32. The Morgan fingerprint density at radius 3 is 2.53 bits per heavy atom. The van der Waals surface area contributed by atoms with Crippen molar-refractivity contribution in [3.8, 4) is 11.5 Å². The van der Waals surface area contributed by atoms with Gasteiger partial charge < -0.3 is 14.6 Å². The number of Topliss-reactive ketones (excluding diaryl/α,β-unsaturated/α-hetero) is 1. The van der Waals surface area contributed by atoms with Gasteiger partial charge in [-0.15, -0.1) is 0 Å². The summed E-state index contributed by atoms with van der Waals surface area (Å²) in [4.78, 5) is 32.8. The van der Waals surface area contributed by atoms with E-state index in [-0.39, 0.29) is 11.1 Å². The van der Waals surface area contributed by atoms with Crippen LogP contribution in [0.5, 0.6) is 11.5 Å². The highest BCUT2D eigenvalue weighted by atomic mass is 32.1. The lowest BCUT2D eigenvalue weighted by Gasteiger charge is -2.23. The molecule has 38 heavy (non-hydrogen) atoms. The molecule has 2 heterocycles. The third kappa shape index (κ3) is 4.72. The summed E-state index contributed by atoms with van der Waals surface area (Å²) < 4.78 is 25.7. The molecule has 9 heteroatoms. The molecule has 5 rings (SSSR count). The highest BCUT2D eigenvalue weighted by Crippen LogP contribution is 2.45. The number of rotatable bonds is 8. The lowest BCUT2D eigenvalue weighted by molar-refractivity contribution is -0.132. The van der Waals surface area contributed by atoms with Crippen LogP contribution in [-0.4, -0.2) is 35.0 Å². The standard InChI is InChI=1S/C29H25FN2O5S/c1-3-14-37-20-7-5-6-18(15-20)25-24(26(33)17-8-10-19(30)11-9-17)27(34)28(35)32(25)29-31-22-13-12-21(36-4-2)16-23(22)38-29/h5-13,15-16,25,33H,3-4,14H2,1-2H3/b26-24+. The first-order chi connectivity index (χ1) is 18.4. The Bertz CT molecular complexity index is 1550. The van der Waals surface area contributed by atoms with Crippen molar-refractivity contribution in [3.05, 3.63) is 89.2 Å². The van der Waals surface area contributed by atoms with Gasteiger partial charge in [0.2, 0.25) is 0 Å². The second kappa shape index (κ2) is 10.6. The molecule has 1 N–H and O–H groups in total. The molecular weight excluding hydrogens is 507 g/mol. The molecular formula is C29H25FN2O5S. The number of benzene rings is 3. The van der Waals surface area contributed by atoms with Gasteiger partial charge in [0, 0.05) is 5.56 Å². The van der Waals surface area contributed by atoms with Gasteiger partial charge >= 0.3 is 5.91 Å². The number of anilines is 1. The van der Waals surface area contributed by atoms with E-state index >= 15 is 0 Å². The lowest BCUT2D eigenvalue weighted by atomic mass is 9.95. The fraction of sp³-hybridized carbons (Fsp3) is 0.207. The van der Waals surface area contributed by atoms with Crippen LogP contribution in [0.1, 0.15) is 37.4 Å². The van der Waals surface area contributed by atoms with Crippen molar-refractivity contribution in [1.29, 1.82) is 0 Å². The van der Waals surface area contributed by atoms with Gasteiger partial charge in [-0.3, -0.25) is 14.5 Å². The van der Waals surface area contributed by atoms with Gasteiger partial charge in [-0.1, -0.05) is 30.4 Å². The zero-order valence-corrected chi connectivity index (χ0v) is 21.6. The van der Waals surface area contributed by atoms with Crippen LogP contribution in [0.3, 0.4) is 0 Å². The average molecular weight is 533 g/mol. The summed E-state index contributed by atoms with van der Waals surface area (Å²) in [6.45, 7) is 4.89. The molecule has 1 unspecified atom stereocenters. The molecule has 1 amide bonds. The van der Waals surface area contributed by atoms with Crippen LogP contribution in [0.25, 0.3) is 16.0 Å². The number of ketones is 1. The zero-order chi connectivity index (χ0) is 26.8. The Labute approximate surface area is 222 Å². The molecule has 0 radical (unpaired) electrons. The molecule has 0 aliphatic carbocycles. The second-order valence-corrected chi connectivity index (χ2v) is 9.67. The number of thiazole rings is 1. The van der Waals surface area contributed by atoms with E-state index in [1.165, 1.54) is 40.5 Å². The number of carbonyl (C=O) groups excluding carboxylic acids is 2. The minimum atomic E-state index is -0.975. The fourth-order valence-electron chi connectivity index (χ4n) is 4.36. The zero-order valence-electron chi connectivity index (χ0n) is 20.8. The Morgan fingerprint density at radius 2 is 1.79 bits per heavy atom. The topological polar surface area (TPSA) is 89.0 Å². The van der Waals surface area contributed by atoms with Gasteiger partial charge in [0.05, 0.1) is 35.0 Å². The maximum absolute atomic E-state index is 13.6. The van der Waals surface area contributed by atoms with Crippen LogP contribution in [-0.2, 0) is 9.59 Å². The summed E-state index contributed by atoms with van der Waals surface area (Å²) in [6.07, 6.45) is 0.808. The molecule has 1 fully saturated rings. The van der Waals surface area contributed by atoms with Gasteiger partial charge in [0.25, 0.3) is 5.78 Å². The summed E-state index contributed by atoms with van der Waals surface area (Å²) in [5.74, 6) is -1.31. The SMILES string of the molecule is CCCOc1cccc(C2/C(=C(\O)c3ccc(F)cc3)C(=O)C(=O)N2c2nc3ccc(OCC)cc3s2)c1. The largest absolute Gasteiger partial charge is 0.507 e. The maximum atomic E-state index is 13.6. The molecule has 0 bridgehead atoms. The first-order valence-electron chi connectivity index (χ1n) is 12.2. The van der Waals surface area contributed by atoms with Gasteiger partial charge in [-0.25, -0.2) is 9.37 Å². The van der Waals surface area contributed by atoms with Crippen molar-refractivity contribution in [2.45, 2.75) is 26.3 Å². The molecule has 1 aliphatic heterocycles. The Morgan fingerprint density at radius 1 is 1.03 bits per heavy atom. The van der Waals surface area contributed by atoms with E-state index in [0.29, 0.717) is 40.9 Å². The van der Waals surface area contributed by atoms with Crippen LogP contribution in [0.15, 0.2) is 72.3 Å². The second-order valence-electron chi connectivity index (χ2n) is 8.66. The molecule has 0 saturated carbocycles. The van der Waals surface area contributed by atoms with Crippen molar-refractivity contribution in [1.82, 2.24) is 4.98 Å². The minimum absolute atomic E-state index is 0.108. The number of aromatic nitrogens is 1. The van der Waals surface area contributed by atoms with E-state index in [2.05, 4.69) is 4.98 Å². The summed E-state index contributed by atoms with van der Waals surface area (Å²) >= 11 is 1.25.